The number of anilines is 1. The lowest BCUT2D eigenvalue weighted by atomic mass is 10.3. The summed E-state index contributed by atoms with van der Waals surface area (Å²) in [7, 11) is 0. The number of aromatic carboxylic acids is 1. The number of aromatic nitrogens is 1. The third kappa shape index (κ3) is 3.85. The van der Waals surface area contributed by atoms with Crippen molar-refractivity contribution in [1.29, 1.82) is 0 Å². The summed E-state index contributed by atoms with van der Waals surface area (Å²) >= 11 is 1.18. The van der Waals surface area contributed by atoms with Gasteiger partial charge in [0.2, 0.25) is 0 Å². The highest BCUT2D eigenvalue weighted by Gasteiger charge is 2.08. The summed E-state index contributed by atoms with van der Waals surface area (Å²) in [4.78, 5) is 18.5. The molecule has 4 N–H and O–H groups in total. The van der Waals surface area contributed by atoms with Crippen LogP contribution >= 0.6 is 11.3 Å². The molecule has 0 aromatic carbocycles. The molecule has 1 heterocycles. The fourth-order valence-corrected chi connectivity index (χ4v) is 1.63. The van der Waals surface area contributed by atoms with Gasteiger partial charge in [0.05, 0.1) is 0 Å². The van der Waals surface area contributed by atoms with Gasteiger partial charge in [-0.15, -0.1) is 11.3 Å². The van der Waals surface area contributed by atoms with Crippen LogP contribution in [0.4, 0.5) is 5.13 Å². The molecule has 0 amide bonds. The quantitative estimate of drug-likeness (QED) is 0.411. The van der Waals surface area contributed by atoms with Gasteiger partial charge in [0.25, 0.3) is 0 Å². The Morgan fingerprint density at radius 1 is 1.75 bits per heavy atom. The van der Waals surface area contributed by atoms with Crippen LogP contribution in [-0.2, 0) is 0 Å². The molecule has 6 nitrogen and oxygen atoms in total. The Morgan fingerprint density at radius 2 is 2.50 bits per heavy atom. The molecule has 1 rings (SSSR count). The molecule has 0 bridgehead atoms. The first-order valence-electron chi connectivity index (χ1n) is 4.89. The van der Waals surface area contributed by atoms with E-state index >= 15 is 0 Å². The van der Waals surface area contributed by atoms with Crippen LogP contribution in [0.3, 0.4) is 0 Å². The maximum atomic E-state index is 10.6. The normalized spacial score (nSPS) is 11.4. The number of thiazole rings is 1. The van der Waals surface area contributed by atoms with Gasteiger partial charge in [-0.05, 0) is 6.42 Å². The summed E-state index contributed by atoms with van der Waals surface area (Å²) < 4.78 is 0. The van der Waals surface area contributed by atoms with Crippen molar-refractivity contribution in [2.75, 3.05) is 11.9 Å². The Hall–Kier alpha value is -1.63. The minimum Gasteiger partial charge on any atom is -0.476 e. The number of nitrogens with two attached hydrogens (primary N) is 1. The second kappa shape index (κ2) is 6.06. The molecule has 0 fully saturated rings. The SMILES string of the molecule is CCCCN=C(N)Nc1nc(C(=O)O)cs1. The third-order valence-electron chi connectivity index (χ3n) is 1.75. The number of aliphatic imine (C=N–C) groups is 1. The smallest absolute Gasteiger partial charge is 0.355 e. The first-order chi connectivity index (χ1) is 7.63. The molecular formula is C9H14N4O2S. The highest BCUT2D eigenvalue weighted by molar-refractivity contribution is 7.14. The second-order valence-electron chi connectivity index (χ2n) is 3.09. The van der Waals surface area contributed by atoms with E-state index in [2.05, 4.69) is 22.2 Å². The van der Waals surface area contributed by atoms with Crippen molar-refractivity contribution < 1.29 is 9.90 Å². The first-order valence-corrected chi connectivity index (χ1v) is 5.77. The lowest BCUT2D eigenvalue weighted by molar-refractivity contribution is 0.0691. The van der Waals surface area contributed by atoms with Gasteiger partial charge in [-0.3, -0.25) is 4.99 Å². The number of rotatable bonds is 5. The zero-order valence-corrected chi connectivity index (χ0v) is 9.75. The highest BCUT2D eigenvalue weighted by atomic mass is 32.1. The van der Waals surface area contributed by atoms with Crippen molar-refractivity contribution in [2.45, 2.75) is 19.8 Å². The maximum absolute atomic E-state index is 10.6. The molecule has 0 saturated carbocycles. The van der Waals surface area contributed by atoms with Crippen molar-refractivity contribution in [3.8, 4) is 0 Å². The van der Waals surface area contributed by atoms with Crippen LogP contribution in [0.25, 0.3) is 0 Å². The second-order valence-corrected chi connectivity index (χ2v) is 3.95. The van der Waals surface area contributed by atoms with Crippen LogP contribution in [0.2, 0.25) is 0 Å². The summed E-state index contributed by atoms with van der Waals surface area (Å²) in [5.74, 6) is -0.787. The third-order valence-corrected chi connectivity index (χ3v) is 2.51. The number of carbonyl (C=O) groups is 1. The van der Waals surface area contributed by atoms with E-state index in [1.165, 1.54) is 16.7 Å². The van der Waals surface area contributed by atoms with E-state index in [4.69, 9.17) is 10.8 Å². The van der Waals surface area contributed by atoms with Gasteiger partial charge in [-0.25, -0.2) is 9.78 Å². The van der Waals surface area contributed by atoms with E-state index in [0.29, 0.717) is 11.7 Å². The Kier molecular flexibility index (Phi) is 4.71. The Balaban J connectivity index is 2.52. The van der Waals surface area contributed by atoms with E-state index in [0.717, 1.165) is 12.8 Å². The molecule has 0 unspecified atom stereocenters. The number of nitrogens with zero attached hydrogens (tertiary/aromatic N) is 2. The molecule has 1 aromatic heterocycles. The average molecular weight is 242 g/mol. The summed E-state index contributed by atoms with van der Waals surface area (Å²) in [5, 5.41) is 13.3. The van der Waals surface area contributed by atoms with Crippen LogP contribution in [0, 0.1) is 0 Å². The largest absolute Gasteiger partial charge is 0.476 e. The van der Waals surface area contributed by atoms with Crippen molar-refractivity contribution in [3.05, 3.63) is 11.1 Å². The van der Waals surface area contributed by atoms with Crippen molar-refractivity contribution in [1.82, 2.24) is 4.98 Å². The van der Waals surface area contributed by atoms with Crippen molar-refractivity contribution in [2.24, 2.45) is 10.7 Å². The van der Waals surface area contributed by atoms with Crippen LogP contribution in [0.1, 0.15) is 30.3 Å². The molecular weight excluding hydrogens is 228 g/mol. The number of nitrogens with one attached hydrogen (secondary N) is 1. The Morgan fingerprint density at radius 3 is 3.06 bits per heavy atom. The molecule has 16 heavy (non-hydrogen) atoms. The number of unbranched alkanes of at least 4 members (excludes halogenated alkanes) is 1. The monoisotopic (exact) mass is 242 g/mol. The van der Waals surface area contributed by atoms with E-state index in [9.17, 15) is 4.79 Å². The molecule has 1 aromatic rings. The van der Waals surface area contributed by atoms with Crippen LogP contribution in [0.15, 0.2) is 10.4 Å². The topological polar surface area (TPSA) is 101 Å². The van der Waals surface area contributed by atoms with Crippen LogP contribution < -0.4 is 11.1 Å². The number of carboxylic acid groups (broad SMARTS) is 1. The summed E-state index contributed by atoms with van der Waals surface area (Å²) in [6.07, 6.45) is 2.03. The van der Waals surface area contributed by atoms with Gasteiger partial charge in [-0.2, -0.15) is 0 Å². The van der Waals surface area contributed by atoms with Crippen molar-refractivity contribution >= 4 is 28.4 Å². The van der Waals surface area contributed by atoms with Crippen LogP contribution in [0.5, 0.6) is 0 Å². The minimum absolute atomic E-state index is 0.00820. The average Bonchev–Trinajstić information content (AvgIpc) is 2.66. The fraction of sp³-hybridized carbons (Fsp3) is 0.444. The van der Waals surface area contributed by atoms with E-state index in [-0.39, 0.29) is 11.7 Å². The summed E-state index contributed by atoms with van der Waals surface area (Å²) in [6.45, 7) is 2.73. The van der Waals surface area contributed by atoms with E-state index in [1.54, 1.807) is 0 Å². The van der Waals surface area contributed by atoms with Crippen molar-refractivity contribution in [3.63, 3.8) is 0 Å². The lowest BCUT2D eigenvalue weighted by Gasteiger charge is -2.00. The Bertz CT molecular complexity index is 389. The molecule has 0 radical (unpaired) electrons. The standard InChI is InChI=1S/C9H14N4O2S/c1-2-3-4-11-8(10)13-9-12-6(5-16-9)7(14)15/h5H,2-4H2,1H3,(H,14,15)(H3,10,11,12,13). The van der Waals surface area contributed by atoms with E-state index in [1.807, 2.05) is 0 Å². The predicted octanol–water partition coefficient (Wildman–Crippen LogP) is 1.37. The fourth-order valence-electron chi connectivity index (χ4n) is 0.936. The first kappa shape index (κ1) is 12.4. The maximum Gasteiger partial charge on any atom is 0.355 e. The molecule has 88 valence electrons. The number of carboxylic acids is 1. The van der Waals surface area contributed by atoms with Gasteiger partial charge >= 0.3 is 5.97 Å². The number of guanidine groups is 1. The lowest BCUT2D eigenvalue weighted by Crippen LogP contribution is -2.22. The zero-order valence-electron chi connectivity index (χ0n) is 8.93. The molecule has 0 aliphatic carbocycles. The Labute approximate surface area is 97.2 Å². The zero-order chi connectivity index (χ0) is 12.0. The number of hydrogen-bond acceptors (Lipinski definition) is 4. The highest BCUT2D eigenvalue weighted by Crippen LogP contribution is 2.14. The minimum atomic E-state index is -1.05. The molecule has 0 saturated heterocycles. The predicted molar refractivity (Wildman–Crippen MR) is 64.1 cm³/mol. The van der Waals surface area contributed by atoms with Gasteiger partial charge in [0, 0.05) is 11.9 Å². The number of hydrogen-bond donors (Lipinski definition) is 3. The van der Waals surface area contributed by atoms with Gasteiger partial charge in [0.1, 0.15) is 0 Å². The van der Waals surface area contributed by atoms with Crippen LogP contribution in [-0.4, -0.2) is 28.6 Å². The van der Waals surface area contributed by atoms with E-state index < -0.39 is 5.97 Å². The molecule has 0 aliphatic heterocycles. The summed E-state index contributed by atoms with van der Waals surface area (Å²) in [5.41, 5.74) is 5.60. The molecule has 0 aliphatic rings. The summed E-state index contributed by atoms with van der Waals surface area (Å²) in [6, 6.07) is 0. The van der Waals surface area contributed by atoms with Gasteiger partial charge in [0.15, 0.2) is 16.8 Å². The molecule has 0 atom stereocenters. The molecule has 7 heteroatoms. The molecule has 0 spiro atoms. The van der Waals surface area contributed by atoms with Gasteiger partial charge in [-0.1, -0.05) is 13.3 Å². The van der Waals surface area contributed by atoms with Gasteiger partial charge < -0.3 is 16.2 Å².